The molecule has 0 radical (unpaired) electrons. The Bertz CT molecular complexity index is 644. The largest absolute Gasteiger partial charge is 0.481 e. The van der Waals surface area contributed by atoms with Gasteiger partial charge in [0.1, 0.15) is 4.88 Å². The SMILES string of the molecule is CC(C)(C)c1ncsc1C(=O)N1CCC([C@@H]2OCCC2C(=O)O)CC1. The number of carboxylic acid groups (broad SMARTS) is 1. The Morgan fingerprint density at radius 3 is 2.56 bits per heavy atom. The normalized spacial score (nSPS) is 25.3. The van der Waals surface area contributed by atoms with Crippen molar-refractivity contribution in [2.24, 2.45) is 11.8 Å². The summed E-state index contributed by atoms with van der Waals surface area (Å²) in [4.78, 5) is 31.3. The van der Waals surface area contributed by atoms with Gasteiger partial charge in [0, 0.05) is 25.1 Å². The van der Waals surface area contributed by atoms with E-state index in [1.165, 1.54) is 11.3 Å². The molecule has 25 heavy (non-hydrogen) atoms. The molecule has 0 saturated carbocycles. The van der Waals surface area contributed by atoms with Gasteiger partial charge in [0.15, 0.2) is 0 Å². The molecular weight excluding hydrogens is 340 g/mol. The summed E-state index contributed by atoms with van der Waals surface area (Å²) in [5.74, 6) is -0.897. The van der Waals surface area contributed by atoms with E-state index in [4.69, 9.17) is 4.74 Å². The Labute approximate surface area is 152 Å². The minimum Gasteiger partial charge on any atom is -0.481 e. The van der Waals surface area contributed by atoms with Crippen molar-refractivity contribution < 1.29 is 19.4 Å². The van der Waals surface area contributed by atoms with Gasteiger partial charge in [-0.3, -0.25) is 9.59 Å². The Morgan fingerprint density at radius 2 is 1.96 bits per heavy atom. The lowest BCUT2D eigenvalue weighted by Gasteiger charge is -2.35. The summed E-state index contributed by atoms with van der Waals surface area (Å²) < 4.78 is 5.71. The molecule has 2 aliphatic heterocycles. The number of hydrogen-bond donors (Lipinski definition) is 1. The zero-order chi connectivity index (χ0) is 18.2. The minimum absolute atomic E-state index is 0.0491. The summed E-state index contributed by atoms with van der Waals surface area (Å²) in [6.45, 7) is 8.02. The van der Waals surface area contributed by atoms with Crippen LogP contribution in [0.5, 0.6) is 0 Å². The van der Waals surface area contributed by atoms with Gasteiger partial charge in [-0.05, 0) is 25.2 Å². The summed E-state index contributed by atoms with van der Waals surface area (Å²) in [5.41, 5.74) is 2.44. The fourth-order valence-corrected chi connectivity index (χ4v) is 4.81. The predicted molar refractivity (Wildman–Crippen MR) is 94.9 cm³/mol. The van der Waals surface area contributed by atoms with E-state index in [0.717, 1.165) is 23.4 Å². The van der Waals surface area contributed by atoms with Crippen LogP contribution >= 0.6 is 11.3 Å². The van der Waals surface area contributed by atoms with Crippen LogP contribution in [0.4, 0.5) is 0 Å². The number of amides is 1. The van der Waals surface area contributed by atoms with Crippen molar-refractivity contribution in [3.05, 3.63) is 16.1 Å². The number of aliphatic carboxylic acids is 1. The lowest BCUT2D eigenvalue weighted by atomic mass is 9.84. The number of nitrogens with zero attached hydrogens (tertiary/aromatic N) is 2. The van der Waals surface area contributed by atoms with Crippen LogP contribution in [0, 0.1) is 11.8 Å². The van der Waals surface area contributed by atoms with Gasteiger partial charge in [0.05, 0.1) is 23.2 Å². The zero-order valence-electron chi connectivity index (χ0n) is 15.0. The van der Waals surface area contributed by atoms with Gasteiger partial charge in [-0.2, -0.15) is 0 Å². The monoisotopic (exact) mass is 366 g/mol. The van der Waals surface area contributed by atoms with Crippen LogP contribution in [-0.4, -0.2) is 52.7 Å². The number of rotatable bonds is 3. The van der Waals surface area contributed by atoms with Crippen molar-refractivity contribution in [3.8, 4) is 0 Å². The maximum absolute atomic E-state index is 12.9. The first-order valence-electron chi connectivity index (χ1n) is 8.86. The van der Waals surface area contributed by atoms with Gasteiger partial charge in [0.2, 0.25) is 0 Å². The molecule has 3 heterocycles. The summed E-state index contributed by atoms with van der Waals surface area (Å²) in [6.07, 6.45) is 1.98. The maximum Gasteiger partial charge on any atom is 0.309 e. The van der Waals surface area contributed by atoms with Gasteiger partial charge >= 0.3 is 5.97 Å². The second kappa shape index (κ2) is 7.03. The zero-order valence-corrected chi connectivity index (χ0v) is 15.8. The molecular formula is C18H26N2O4S. The van der Waals surface area contributed by atoms with Crippen molar-refractivity contribution in [1.82, 2.24) is 9.88 Å². The number of ether oxygens (including phenoxy) is 1. The van der Waals surface area contributed by atoms with E-state index >= 15 is 0 Å². The first-order chi connectivity index (χ1) is 11.8. The highest BCUT2D eigenvalue weighted by molar-refractivity contribution is 7.11. The standard InChI is InChI=1S/C18H26N2O4S/c1-18(2,3)15-14(25-10-19-15)16(21)20-7-4-11(5-8-20)13-12(17(22)23)6-9-24-13/h10-13H,4-9H2,1-3H3,(H,22,23)/t12?,13-/m0/s1. The summed E-state index contributed by atoms with van der Waals surface area (Å²) in [7, 11) is 0. The van der Waals surface area contributed by atoms with Gasteiger partial charge in [-0.1, -0.05) is 20.8 Å². The molecule has 1 aromatic rings. The first-order valence-corrected chi connectivity index (χ1v) is 9.74. The third kappa shape index (κ3) is 3.72. The molecule has 1 unspecified atom stereocenters. The smallest absolute Gasteiger partial charge is 0.309 e. The van der Waals surface area contributed by atoms with E-state index in [9.17, 15) is 14.7 Å². The molecule has 0 aromatic carbocycles. The van der Waals surface area contributed by atoms with E-state index < -0.39 is 11.9 Å². The van der Waals surface area contributed by atoms with Gasteiger partial charge < -0.3 is 14.7 Å². The molecule has 2 atom stereocenters. The molecule has 1 amide bonds. The van der Waals surface area contributed by atoms with E-state index in [1.807, 2.05) is 4.90 Å². The predicted octanol–water partition coefficient (Wildman–Crippen LogP) is 2.78. The topological polar surface area (TPSA) is 79.7 Å². The molecule has 2 fully saturated rings. The maximum atomic E-state index is 12.9. The third-order valence-corrected chi connectivity index (χ3v) is 6.03. The van der Waals surface area contributed by atoms with Crippen LogP contribution in [0.25, 0.3) is 0 Å². The Hall–Kier alpha value is -1.47. The molecule has 1 N–H and O–H groups in total. The fraction of sp³-hybridized carbons (Fsp3) is 0.722. The van der Waals surface area contributed by atoms with Crippen molar-refractivity contribution in [2.75, 3.05) is 19.7 Å². The van der Waals surface area contributed by atoms with Crippen molar-refractivity contribution in [3.63, 3.8) is 0 Å². The minimum atomic E-state index is -0.763. The quantitative estimate of drug-likeness (QED) is 0.890. The summed E-state index contributed by atoms with van der Waals surface area (Å²) >= 11 is 1.40. The highest BCUT2D eigenvalue weighted by Gasteiger charge is 2.41. The molecule has 0 spiro atoms. The van der Waals surface area contributed by atoms with Crippen molar-refractivity contribution in [2.45, 2.75) is 51.6 Å². The molecule has 6 nitrogen and oxygen atoms in total. The van der Waals surface area contributed by atoms with E-state index in [-0.39, 0.29) is 23.3 Å². The number of thiazole rings is 1. The second-order valence-electron chi connectivity index (χ2n) is 7.98. The van der Waals surface area contributed by atoms with E-state index in [1.54, 1.807) is 5.51 Å². The van der Waals surface area contributed by atoms with Crippen LogP contribution in [0.3, 0.4) is 0 Å². The lowest BCUT2D eigenvalue weighted by molar-refractivity contribution is -0.145. The lowest BCUT2D eigenvalue weighted by Crippen LogP contribution is -2.43. The van der Waals surface area contributed by atoms with E-state index in [0.29, 0.717) is 26.1 Å². The van der Waals surface area contributed by atoms with Crippen molar-refractivity contribution >= 4 is 23.2 Å². The number of carboxylic acids is 1. The second-order valence-corrected chi connectivity index (χ2v) is 8.83. The Morgan fingerprint density at radius 1 is 1.28 bits per heavy atom. The van der Waals surface area contributed by atoms with Crippen LogP contribution in [0.2, 0.25) is 0 Å². The van der Waals surface area contributed by atoms with Gasteiger partial charge in [0.25, 0.3) is 5.91 Å². The molecule has 1 aromatic heterocycles. The van der Waals surface area contributed by atoms with Gasteiger partial charge in [-0.15, -0.1) is 11.3 Å². The molecule has 7 heteroatoms. The molecule has 0 bridgehead atoms. The van der Waals surface area contributed by atoms with Gasteiger partial charge in [-0.25, -0.2) is 4.98 Å². The average molecular weight is 366 g/mol. The molecule has 2 aliphatic rings. The number of carbonyl (C=O) groups excluding carboxylic acids is 1. The molecule has 0 aliphatic carbocycles. The number of carbonyl (C=O) groups is 2. The van der Waals surface area contributed by atoms with Crippen LogP contribution in [0.1, 0.15) is 55.4 Å². The molecule has 2 saturated heterocycles. The van der Waals surface area contributed by atoms with E-state index in [2.05, 4.69) is 25.8 Å². The van der Waals surface area contributed by atoms with Crippen LogP contribution < -0.4 is 0 Å². The number of aromatic nitrogens is 1. The summed E-state index contributed by atoms with van der Waals surface area (Å²) in [6, 6.07) is 0. The average Bonchev–Trinajstić information content (AvgIpc) is 3.23. The Balaban J connectivity index is 1.64. The fourth-order valence-electron chi connectivity index (χ4n) is 3.85. The summed E-state index contributed by atoms with van der Waals surface area (Å²) in [5, 5.41) is 9.34. The highest BCUT2D eigenvalue weighted by atomic mass is 32.1. The first kappa shape index (κ1) is 18.3. The number of hydrogen-bond acceptors (Lipinski definition) is 5. The molecule has 3 rings (SSSR count). The number of likely N-dealkylation sites (tertiary alicyclic amines) is 1. The van der Waals surface area contributed by atoms with Crippen molar-refractivity contribution in [1.29, 1.82) is 0 Å². The third-order valence-electron chi connectivity index (χ3n) is 5.22. The highest BCUT2D eigenvalue weighted by Crippen LogP contribution is 2.34. The van der Waals surface area contributed by atoms with Crippen LogP contribution in [0.15, 0.2) is 5.51 Å². The molecule has 138 valence electrons. The number of piperidine rings is 1. The van der Waals surface area contributed by atoms with Crippen LogP contribution in [-0.2, 0) is 14.9 Å². The Kier molecular flexibility index (Phi) is 5.16.